The van der Waals surface area contributed by atoms with Crippen molar-refractivity contribution in [3.05, 3.63) is 18.1 Å². The summed E-state index contributed by atoms with van der Waals surface area (Å²) >= 11 is 0. The summed E-state index contributed by atoms with van der Waals surface area (Å²) in [7, 11) is 0. The van der Waals surface area contributed by atoms with Gasteiger partial charge in [-0.15, -0.1) is 0 Å². The Morgan fingerprint density at radius 1 is 1.47 bits per heavy atom. The molecule has 0 aromatic carbocycles. The average Bonchev–Trinajstić information content (AvgIpc) is 2.73. The second-order valence-corrected chi connectivity index (χ2v) is 3.60. The number of nitrogens with zero attached hydrogens (tertiary/aromatic N) is 3. The number of hydrogen-bond acceptors (Lipinski definition) is 6. The highest BCUT2D eigenvalue weighted by molar-refractivity contribution is 5.89. The van der Waals surface area contributed by atoms with Crippen LogP contribution in [0.3, 0.4) is 0 Å². The number of rotatable bonds is 3. The van der Waals surface area contributed by atoms with Gasteiger partial charge in [0, 0.05) is 11.8 Å². The smallest absolute Gasteiger partial charge is 0.143 e. The van der Waals surface area contributed by atoms with Crippen molar-refractivity contribution in [2.75, 3.05) is 5.73 Å². The van der Waals surface area contributed by atoms with Gasteiger partial charge in [-0.25, -0.2) is 9.97 Å². The van der Waals surface area contributed by atoms with Crippen LogP contribution in [0.15, 0.2) is 12.5 Å². The number of aromatic nitrogens is 3. The standard InChI is InChI=1S/C10H11N5O2/c11-2-1-6(16)8(17)5-3-13-10-7(5)9(12)14-4-15-10/h3-4,6,8,16-17H,1H2,(H3,12,13,14,15). The molecule has 2 unspecified atom stereocenters. The third-order valence-electron chi connectivity index (χ3n) is 2.51. The number of aliphatic hydroxyl groups is 2. The van der Waals surface area contributed by atoms with Crippen LogP contribution in [0.5, 0.6) is 0 Å². The molecular formula is C10H11N5O2. The van der Waals surface area contributed by atoms with Crippen LogP contribution in [0, 0.1) is 11.3 Å². The van der Waals surface area contributed by atoms with Gasteiger partial charge in [-0.1, -0.05) is 0 Å². The minimum atomic E-state index is -1.20. The van der Waals surface area contributed by atoms with E-state index in [-0.39, 0.29) is 12.2 Å². The molecule has 17 heavy (non-hydrogen) atoms. The second-order valence-electron chi connectivity index (χ2n) is 3.60. The van der Waals surface area contributed by atoms with Gasteiger partial charge in [0.05, 0.1) is 24.0 Å². The van der Waals surface area contributed by atoms with Crippen molar-refractivity contribution in [1.29, 1.82) is 5.26 Å². The number of nitrogens with one attached hydrogen (secondary N) is 1. The predicted molar refractivity (Wildman–Crippen MR) is 59.5 cm³/mol. The monoisotopic (exact) mass is 233 g/mol. The summed E-state index contributed by atoms with van der Waals surface area (Å²) in [6, 6.07) is 1.79. The molecule has 2 rings (SSSR count). The van der Waals surface area contributed by atoms with Gasteiger partial charge in [-0.05, 0) is 0 Å². The third kappa shape index (κ3) is 1.91. The van der Waals surface area contributed by atoms with Crippen molar-refractivity contribution < 1.29 is 10.2 Å². The Labute approximate surface area is 96.5 Å². The van der Waals surface area contributed by atoms with Crippen LogP contribution in [0.25, 0.3) is 11.0 Å². The zero-order chi connectivity index (χ0) is 12.4. The summed E-state index contributed by atoms with van der Waals surface area (Å²) in [5.74, 6) is 0.217. The van der Waals surface area contributed by atoms with Crippen LogP contribution < -0.4 is 5.73 Å². The van der Waals surface area contributed by atoms with Crippen LogP contribution in [0.2, 0.25) is 0 Å². The second kappa shape index (κ2) is 4.37. The van der Waals surface area contributed by atoms with Crippen LogP contribution >= 0.6 is 0 Å². The highest BCUT2D eigenvalue weighted by Crippen LogP contribution is 2.28. The van der Waals surface area contributed by atoms with Crippen LogP contribution in [0.4, 0.5) is 5.82 Å². The average molecular weight is 233 g/mol. The molecular weight excluding hydrogens is 222 g/mol. The number of aromatic amines is 1. The molecule has 0 fully saturated rings. The maximum atomic E-state index is 9.90. The molecule has 0 aliphatic rings. The van der Waals surface area contributed by atoms with Gasteiger partial charge >= 0.3 is 0 Å². The first-order valence-corrected chi connectivity index (χ1v) is 4.95. The lowest BCUT2D eigenvalue weighted by molar-refractivity contribution is 0.0225. The number of hydrogen-bond donors (Lipinski definition) is 4. The lowest BCUT2D eigenvalue weighted by atomic mass is 10.0. The fourth-order valence-corrected chi connectivity index (χ4v) is 1.66. The molecule has 2 heterocycles. The van der Waals surface area contributed by atoms with Crippen molar-refractivity contribution >= 4 is 16.9 Å². The van der Waals surface area contributed by atoms with Gasteiger partial charge in [0.1, 0.15) is 23.9 Å². The summed E-state index contributed by atoms with van der Waals surface area (Å²) in [6.07, 6.45) is 0.272. The Kier molecular flexibility index (Phi) is 2.91. The Morgan fingerprint density at radius 2 is 2.24 bits per heavy atom. The van der Waals surface area contributed by atoms with Gasteiger partial charge < -0.3 is 20.9 Å². The van der Waals surface area contributed by atoms with E-state index in [0.29, 0.717) is 16.6 Å². The molecule has 0 saturated carbocycles. The molecule has 0 radical (unpaired) electrons. The van der Waals surface area contributed by atoms with E-state index < -0.39 is 12.2 Å². The number of nitriles is 1. The fraction of sp³-hybridized carbons (Fsp3) is 0.300. The Hall–Kier alpha value is -2.17. The molecule has 88 valence electrons. The normalized spacial score (nSPS) is 14.4. The van der Waals surface area contributed by atoms with Gasteiger partial charge in [0.2, 0.25) is 0 Å². The molecule has 0 aliphatic carbocycles. The number of nitrogens with two attached hydrogens (primary N) is 1. The molecule has 7 nitrogen and oxygen atoms in total. The van der Waals surface area contributed by atoms with E-state index in [9.17, 15) is 10.2 Å². The van der Waals surface area contributed by atoms with Crippen molar-refractivity contribution in [2.24, 2.45) is 0 Å². The van der Waals surface area contributed by atoms with Crippen molar-refractivity contribution in [3.8, 4) is 6.07 Å². The number of fused-ring (bicyclic) bond motifs is 1. The highest BCUT2D eigenvalue weighted by Gasteiger charge is 2.22. The number of anilines is 1. The molecule has 0 spiro atoms. The van der Waals surface area contributed by atoms with Crippen molar-refractivity contribution in [1.82, 2.24) is 15.0 Å². The minimum Gasteiger partial charge on any atom is -0.389 e. The largest absolute Gasteiger partial charge is 0.389 e. The molecule has 0 saturated heterocycles. The summed E-state index contributed by atoms with van der Waals surface area (Å²) < 4.78 is 0. The molecule has 0 aliphatic heterocycles. The van der Waals surface area contributed by atoms with E-state index >= 15 is 0 Å². The van der Waals surface area contributed by atoms with Gasteiger partial charge in [-0.3, -0.25) is 0 Å². The number of H-pyrrole nitrogens is 1. The minimum absolute atomic E-state index is 0.165. The molecule has 2 atom stereocenters. The lowest BCUT2D eigenvalue weighted by Crippen LogP contribution is -2.17. The first-order valence-electron chi connectivity index (χ1n) is 4.95. The summed E-state index contributed by atoms with van der Waals surface area (Å²) in [5, 5.41) is 28.4. The molecule has 0 bridgehead atoms. The number of aliphatic hydroxyl groups excluding tert-OH is 2. The van der Waals surface area contributed by atoms with Crippen molar-refractivity contribution in [3.63, 3.8) is 0 Å². The topological polar surface area (TPSA) is 132 Å². The van der Waals surface area contributed by atoms with Crippen LogP contribution in [-0.2, 0) is 0 Å². The fourth-order valence-electron chi connectivity index (χ4n) is 1.66. The zero-order valence-corrected chi connectivity index (χ0v) is 8.83. The highest BCUT2D eigenvalue weighted by atomic mass is 16.3. The predicted octanol–water partition coefficient (Wildman–Crippen LogP) is -0.152. The Bertz CT molecular complexity index is 574. The van der Waals surface area contributed by atoms with Crippen molar-refractivity contribution in [2.45, 2.75) is 18.6 Å². The van der Waals surface area contributed by atoms with E-state index in [4.69, 9.17) is 11.0 Å². The first-order chi connectivity index (χ1) is 8.15. The third-order valence-corrected chi connectivity index (χ3v) is 2.51. The van der Waals surface area contributed by atoms with E-state index in [2.05, 4.69) is 15.0 Å². The van der Waals surface area contributed by atoms with Crippen LogP contribution in [-0.4, -0.2) is 31.3 Å². The van der Waals surface area contributed by atoms with E-state index in [0.717, 1.165) is 0 Å². The number of nitrogen functional groups attached to an aromatic ring is 1. The van der Waals surface area contributed by atoms with E-state index in [1.54, 1.807) is 6.07 Å². The van der Waals surface area contributed by atoms with Crippen LogP contribution in [0.1, 0.15) is 18.1 Å². The lowest BCUT2D eigenvalue weighted by Gasteiger charge is -2.14. The molecule has 5 N–H and O–H groups in total. The Balaban J connectivity index is 2.46. The quantitative estimate of drug-likeness (QED) is 0.582. The van der Waals surface area contributed by atoms with E-state index in [1.165, 1.54) is 12.5 Å². The molecule has 7 heteroatoms. The van der Waals surface area contributed by atoms with Gasteiger partial charge in [0.25, 0.3) is 0 Å². The Morgan fingerprint density at radius 3 is 2.94 bits per heavy atom. The zero-order valence-electron chi connectivity index (χ0n) is 8.83. The van der Waals surface area contributed by atoms with Gasteiger partial charge in [-0.2, -0.15) is 5.26 Å². The maximum absolute atomic E-state index is 9.90. The molecule has 2 aromatic heterocycles. The maximum Gasteiger partial charge on any atom is 0.143 e. The summed E-state index contributed by atoms with van der Waals surface area (Å²) in [5.41, 5.74) is 6.56. The van der Waals surface area contributed by atoms with Gasteiger partial charge in [0.15, 0.2) is 0 Å². The van der Waals surface area contributed by atoms with E-state index in [1.807, 2.05) is 0 Å². The molecule has 2 aromatic rings. The first kappa shape index (κ1) is 11.3. The SMILES string of the molecule is N#CCC(O)C(O)c1c[nH]c2ncnc(N)c12. The summed E-state index contributed by atoms with van der Waals surface area (Å²) in [6.45, 7) is 0. The summed E-state index contributed by atoms with van der Waals surface area (Å²) in [4.78, 5) is 10.6. The molecule has 0 amide bonds.